The van der Waals surface area contributed by atoms with E-state index in [9.17, 15) is 22.8 Å². The number of aromatic carboxylic acids is 1. The number of alkyl halides is 3. The first-order valence-corrected chi connectivity index (χ1v) is 6.00. The largest absolute Gasteiger partial charge is 0.478 e. The maximum Gasteiger partial charge on any atom is 0.471 e. The van der Waals surface area contributed by atoms with E-state index >= 15 is 0 Å². The van der Waals surface area contributed by atoms with Gasteiger partial charge in [0.15, 0.2) is 0 Å². The number of halogens is 3. The number of amides is 1. The summed E-state index contributed by atoms with van der Waals surface area (Å²) in [5, 5.41) is 10.8. The molecule has 1 aromatic rings. The smallest absolute Gasteiger partial charge is 0.471 e. The van der Waals surface area contributed by atoms with Crippen LogP contribution in [0.1, 0.15) is 27.9 Å². The molecule has 1 aromatic carbocycles. The SMILES string of the molecule is O=C(O)c1ccc2c(c1)CCC(NC(=O)C(F)(F)F)C2. The maximum atomic E-state index is 12.2. The van der Waals surface area contributed by atoms with Crippen molar-refractivity contribution in [2.75, 3.05) is 0 Å². The van der Waals surface area contributed by atoms with Gasteiger partial charge in [-0.3, -0.25) is 4.79 Å². The highest BCUT2D eigenvalue weighted by Crippen LogP contribution is 2.24. The summed E-state index contributed by atoms with van der Waals surface area (Å²) >= 11 is 0. The average Bonchev–Trinajstić information content (AvgIpc) is 2.36. The van der Waals surface area contributed by atoms with Gasteiger partial charge in [0.1, 0.15) is 0 Å². The Balaban J connectivity index is 2.08. The van der Waals surface area contributed by atoms with Crippen LogP contribution in [0.5, 0.6) is 0 Å². The lowest BCUT2D eigenvalue weighted by Gasteiger charge is -2.26. The van der Waals surface area contributed by atoms with E-state index < -0.39 is 24.1 Å². The maximum absolute atomic E-state index is 12.2. The van der Waals surface area contributed by atoms with Crippen LogP contribution in [0.25, 0.3) is 0 Å². The van der Waals surface area contributed by atoms with Crippen molar-refractivity contribution < 1.29 is 27.9 Å². The third-order valence-corrected chi connectivity index (χ3v) is 3.27. The molecule has 2 N–H and O–H groups in total. The second kappa shape index (κ2) is 5.15. The minimum atomic E-state index is -4.88. The van der Waals surface area contributed by atoms with Crippen LogP contribution in [0.4, 0.5) is 13.2 Å². The average molecular weight is 287 g/mol. The number of hydrogen-bond donors (Lipinski definition) is 2. The highest BCUT2D eigenvalue weighted by Gasteiger charge is 2.40. The quantitative estimate of drug-likeness (QED) is 0.873. The molecule has 0 bridgehead atoms. The lowest BCUT2D eigenvalue weighted by Crippen LogP contribution is -2.45. The number of rotatable bonds is 2. The zero-order valence-electron chi connectivity index (χ0n) is 10.3. The molecule has 0 aliphatic heterocycles. The van der Waals surface area contributed by atoms with Gasteiger partial charge in [-0.15, -0.1) is 0 Å². The molecule has 1 atom stereocenters. The summed E-state index contributed by atoms with van der Waals surface area (Å²) < 4.78 is 36.5. The van der Waals surface area contributed by atoms with Crippen LogP contribution in [-0.4, -0.2) is 29.2 Å². The summed E-state index contributed by atoms with van der Waals surface area (Å²) in [4.78, 5) is 21.7. The van der Waals surface area contributed by atoms with E-state index in [2.05, 4.69) is 0 Å². The Kier molecular flexibility index (Phi) is 3.69. The predicted molar refractivity (Wildman–Crippen MR) is 63.4 cm³/mol. The highest BCUT2D eigenvalue weighted by atomic mass is 19.4. The molecule has 7 heteroatoms. The number of fused-ring (bicyclic) bond motifs is 1. The number of carboxylic acid groups (broad SMARTS) is 1. The molecule has 0 spiro atoms. The minimum absolute atomic E-state index is 0.154. The second-order valence-corrected chi connectivity index (χ2v) is 4.70. The van der Waals surface area contributed by atoms with Crippen molar-refractivity contribution >= 4 is 11.9 Å². The molecule has 1 unspecified atom stereocenters. The first-order chi connectivity index (χ1) is 9.27. The first-order valence-electron chi connectivity index (χ1n) is 6.00. The van der Waals surface area contributed by atoms with E-state index in [1.54, 1.807) is 6.07 Å². The number of carboxylic acids is 1. The zero-order chi connectivity index (χ0) is 14.9. The number of carbonyl (C=O) groups excluding carboxylic acids is 1. The lowest BCUT2D eigenvalue weighted by molar-refractivity contribution is -0.174. The molecule has 0 saturated heterocycles. The van der Waals surface area contributed by atoms with Gasteiger partial charge in [-0.1, -0.05) is 6.07 Å². The minimum Gasteiger partial charge on any atom is -0.478 e. The number of hydrogen-bond acceptors (Lipinski definition) is 2. The summed E-state index contributed by atoms with van der Waals surface area (Å²) in [6, 6.07) is 3.95. The van der Waals surface area contributed by atoms with Gasteiger partial charge >= 0.3 is 18.1 Å². The molecule has 0 heterocycles. The van der Waals surface area contributed by atoms with Crippen molar-refractivity contribution in [3.8, 4) is 0 Å². The zero-order valence-corrected chi connectivity index (χ0v) is 10.3. The Labute approximate surface area is 112 Å². The fraction of sp³-hybridized carbons (Fsp3) is 0.385. The van der Waals surface area contributed by atoms with Crippen LogP contribution >= 0.6 is 0 Å². The molecule has 0 radical (unpaired) electrons. The van der Waals surface area contributed by atoms with Crippen molar-refractivity contribution in [1.29, 1.82) is 0 Å². The number of nitrogens with one attached hydrogen (secondary N) is 1. The highest BCUT2D eigenvalue weighted by molar-refractivity contribution is 5.88. The molecule has 0 saturated carbocycles. The fourth-order valence-corrected chi connectivity index (χ4v) is 2.28. The van der Waals surface area contributed by atoms with Crippen molar-refractivity contribution in [2.24, 2.45) is 0 Å². The summed E-state index contributed by atoms with van der Waals surface area (Å²) in [5.41, 5.74) is 1.73. The van der Waals surface area contributed by atoms with E-state index in [-0.39, 0.29) is 12.0 Å². The van der Waals surface area contributed by atoms with E-state index in [1.807, 2.05) is 5.32 Å². The molecule has 0 fully saturated rings. The van der Waals surface area contributed by atoms with Gasteiger partial charge in [-0.25, -0.2) is 4.79 Å². The summed E-state index contributed by atoms with van der Waals surface area (Å²) in [7, 11) is 0. The van der Waals surface area contributed by atoms with Crippen molar-refractivity contribution in [2.45, 2.75) is 31.5 Å². The summed E-state index contributed by atoms with van der Waals surface area (Å²) in [5.74, 6) is -2.98. The fourth-order valence-electron chi connectivity index (χ4n) is 2.28. The van der Waals surface area contributed by atoms with Crippen LogP contribution in [0.3, 0.4) is 0 Å². The predicted octanol–water partition coefficient (Wildman–Crippen LogP) is 1.92. The molecule has 1 aliphatic carbocycles. The van der Waals surface area contributed by atoms with E-state index in [1.165, 1.54) is 12.1 Å². The lowest BCUT2D eigenvalue weighted by atomic mass is 9.87. The van der Waals surface area contributed by atoms with E-state index in [0.29, 0.717) is 12.8 Å². The Hall–Kier alpha value is -2.05. The summed E-state index contributed by atoms with van der Waals surface area (Å²) in [6.45, 7) is 0. The number of carbonyl (C=O) groups is 2. The van der Waals surface area contributed by atoms with Crippen LogP contribution < -0.4 is 5.32 Å². The normalized spacial score (nSPS) is 18.2. The van der Waals surface area contributed by atoms with Gasteiger partial charge in [0.25, 0.3) is 0 Å². The Morgan fingerprint density at radius 1 is 1.25 bits per heavy atom. The molecule has 1 aliphatic rings. The molecular weight excluding hydrogens is 275 g/mol. The molecular formula is C13H12F3NO3. The van der Waals surface area contributed by atoms with Crippen LogP contribution in [0.15, 0.2) is 18.2 Å². The van der Waals surface area contributed by atoms with Gasteiger partial charge in [-0.2, -0.15) is 13.2 Å². The molecule has 20 heavy (non-hydrogen) atoms. The first kappa shape index (κ1) is 14.4. The second-order valence-electron chi connectivity index (χ2n) is 4.70. The monoisotopic (exact) mass is 287 g/mol. The number of aryl methyl sites for hydroxylation is 1. The van der Waals surface area contributed by atoms with Crippen molar-refractivity contribution in [3.05, 3.63) is 34.9 Å². The van der Waals surface area contributed by atoms with Crippen LogP contribution in [0, 0.1) is 0 Å². The van der Waals surface area contributed by atoms with Gasteiger partial charge < -0.3 is 10.4 Å². The van der Waals surface area contributed by atoms with Gasteiger partial charge in [0.2, 0.25) is 0 Å². The Morgan fingerprint density at radius 3 is 2.55 bits per heavy atom. The molecule has 0 aromatic heterocycles. The molecule has 2 rings (SSSR count). The van der Waals surface area contributed by atoms with Crippen LogP contribution in [0.2, 0.25) is 0 Å². The molecule has 108 valence electrons. The van der Waals surface area contributed by atoms with Crippen molar-refractivity contribution in [1.82, 2.24) is 5.32 Å². The van der Waals surface area contributed by atoms with E-state index in [4.69, 9.17) is 5.11 Å². The van der Waals surface area contributed by atoms with Gasteiger partial charge in [0.05, 0.1) is 5.56 Å². The number of benzene rings is 1. The molecule has 4 nitrogen and oxygen atoms in total. The standard InChI is InChI=1S/C13H12F3NO3/c14-13(15,16)12(20)17-10-4-3-7-5-9(11(18)19)2-1-8(7)6-10/h1-2,5,10H,3-4,6H2,(H,17,20)(H,18,19). The molecule has 1 amide bonds. The Morgan fingerprint density at radius 2 is 1.95 bits per heavy atom. The van der Waals surface area contributed by atoms with E-state index in [0.717, 1.165) is 11.1 Å². The van der Waals surface area contributed by atoms with Gasteiger partial charge in [-0.05, 0) is 42.5 Å². The van der Waals surface area contributed by atoms with Gasteiger partial charge in [0, 0.05) is 6.04 Å². The third-order valence-electron chi connectivity index (χ3n) is 3.27. The third kappa shape index (κ3) is 3.09. The van der Waals surface area contributed by atoms with Crippen molar-refractivity contribution in [3.63, 3.8) is 0 Å². The topological polar surface area (TPSA) is 66.4 Å². The summed E-state index contributed by atoms with van der Waals surface area (Å²) in [6.07, 6.45) is -3.80. The van der Waals surface area contributed by atoms with Crippen LogP contribution in [-0.2, 0) is 17.6 Å². The Bertz CT molecular complexity index is 554.